The Morgan fingerprint density at radius 2 is 1.84 bits per heavy atom. The lowest BCUT2D eigenvalue weighted by Gasteiger charge is -2.20. The summed E-state index contributed by atoms with van der Waals surface area (Å²) in [4.78, 5) is 21.9. The molecule has 0 fully saturated rings. The first kappa shape index (κ1) is 17.0. The van der Waals surface area contributed by atoms with Gasteiger partial charge in [-0.3, -0.25) is 9.97 Å². The van der Waals surface area contributed by atoms with E-state index in [1.165, 1.54) is 0 Å². The summed E-state index contributed by atoms with van der Waals surface area (Å²) in [5, 5.41) is 0. The highest BCUT2D eigenvalue weighted by Gasteiger charge is 2.17. The third-order valence-corrected chi connectivity index (χ3v) is 3.81. The molecule has 0 aliphatic carbocycles. The first-order valence-electron chi connectivity index (χ1n) is 8.10. The van der Waals surface area contributed by atoms with Crippen molar-refractivity contribution in [1.29, 1.82) is 0 Å². The molecule has 3 heterocycles. The molecule has 0 aliphatic rings. The highest BCUT2D eigenvalue weighted by atomic mass is 16.3. The Morgan fingerprint density at radius 3 is 2.48 bits per heavy atom. The van der Waals surface area contributed by atoms with Crippen molar-refractivity contribution in [3.8, 4) is 22.7 Å². The number of anilines is 1. The van der Waals surface area contributed by atoms with Crippen molar-refractivity contribution in [3.05, 3.63) is 42.7 Å². The number of nitrogens with zero attached hydrogens (tertiary/aromatic N) is 6. The quantitative estimate of drug-likeness (QED) is 0.684. The van der Waals surface area contributed by atoms with Crippen molar-refractivity contribution in [2.45, 2.75) is 6.92 Å². The Kier molecular flexibility index (Phi) is 5.04. The van der Waals surface area contributed by atoms with Crippen LogP contribution in [0.5, 0.6) is 0 Å². The highest BCUT2D eigenvalue weighted by molar-refractivity contribution is 5.76. The van der Waals surface area contributed by atoms with Gasteiger partial charge in [0, 0.05) is 44.3 Å². The molecule has 3 aromatic heterocycles. The van der Waals surface area contributed by atoms with Gasteiger partial charge in [-0.05, 0) is 33.2 Å². The van der Waals surface area contributed by atoms with Crippen LogP contribution in [0.3, 0.4) is 0 Å². The van der Waals surface area contributed by atoms with Crippen LogP contribution in [0, 0.1) is 6.92 Å². The van der Waals surface area contributed by atoms with Gasteiger partial charge in [-0.1, -0.05) is 0 Å². The second-order valence-electron chi connectivity index (χ2n) is 6.16. The molecule has 0 amide bonds. The van der Waals surface area contributed by atoms with E-state index in [0.717, 1.165) is 30.1 Å². The minimum Gasteiger partial charge on any atom is -0.460 e. The molecule has 0 N–H and O–H groups in total. The average molecular weight is 338 g/mol. The normalized spacial score (nSPS) is 11.1. The third-order valence-electron chi connectivity index (χ3n) is 3.81. The van der Waals surface area contributed by atoms with Crippen LogP contribution < -0.4 is 4.90 Å². The first-order valence-corrected chi connectivity index (χ1v) is 8.10. The molecule has 7 nitrogen and oxygen atoms in total. The van der Waals surface area contributed by atoms with Gasteiger partial charge in [-0.2, -0.15) is 0 Å². The summed E-state index contributed by atoms with van der Waals surface area (Å²) in [6, 6.07) is 3.84. The Labute approximate surface area is 147 Å². The van der Waals surface area contributed by atoms with Crippen molar-refractivity contribution in [1.82, 2.24) is 24.8 Å². The molecule has 3 rings (SSSR count). The largest absolute Gasteiger partial charge is 0.460 e. The van der Waals surface area contributed by atoms with Gasteiger partial charge in [-0.25, -0.2) is 9.97 Å². The van der Waals surface area contributed by atoms with E-state index in [9.17, 15) is 0 Å². The van der Waals surface area contributed by atoms with Crippen LogP contribution in [0.25, 0.3) is 22.7 Å². The summed E-state index contributed by atoms with van der Waals surface area (Å²) >= 11 is 0. The van der Waals surface area contributed by atoms with Crippen molar-refractivity contribution < 1.29 is 4.42 Å². The monoisotopic (exact) mass is 338 g/mol. The maximum absolute atomic E-state index is 5.80. The Morgan fingerprint density at radius 1 is 1.00 bits per heavy atom. The predicted octanol–water partition coefficient (Wildman–Crippen LogP) is 2.50. The Balaban J connectivity index is 2.02. The topological polar surface area (TPSA) is 71.2 Å². The van der Waals surface area contributed by atoms with Gasteiger partial charge < -0.3 is 14.2 Å². The molecular formula is C18H22N6O. The van der Waals surface area contributed by atoms with E-state index < -0.39 is 0 Å². The molecule has 7 heteroatoms. The molecule has 0 aliphatic heterocycles. The van der Waals surface area contributed by atoms with Crippen molar-refractivity contribution >= 4 is 5.95 Å². The maximum Gasteiger partial charge on any atom is 0.225 e. The lowest BCUT2D eigenvalue weighted by molar-refractivity contribution is 0.415. The fraction of sp³-hybridized carbons (Fsp3) is 0.333. The summed E-state index contributed by atoms with van der Waals surface area (Å²) in [7, 11) is 6.07. The molecule has 130 valence electrons. The summed E-state index contributed by atoms with van der Waals surface area (Å²) in [6.07, 6.45) is 6.78. The van der Waals surface area contributed by atoms with Crippen molar-refractivity contribution in [2.75, 3.05) is 39.1 Å². The molecule has 0 aromatic carbocycles. The Bertz CT molecular complexity index is 831. The molecule has 25 heavy (non-hydrogen) atoms. The van der Waals surface area contributed by atoms with Crippen molar-refractivity contribution in [2.24, 2.45) is 0 Å². The summed E-state index contributed by atoms with van der Waals surface area (Å²) in [6.45, 7) is 3.66. The summed E-state index contributed by atoms with van der Waals surface area (Å²) in [5.74, 6) is 2.18. The predicted molar refractivity (Wildman–Crippen MR) is 97.3 cm³/mol. The van der Waals surface area contributed by atoms with Gasteiger partial charge >= 0.3 is 0 Å². The zero-order chi connectivity index (χ0) is 17.8. The van der Waals surface area contributed by atoms with Crippen LogP contribution in [-0.4, -0.2) is 59.1 Å². The lowest BCUT2D eigenvalue weighted by atomic mass is 10.1. The molecule has 0 unspecified atom stereocenters. The molecule has 0 saturated heterocycles. The Hall–Kier alpha value is -2.80. The van der Waals surface area contributed by atoms with Crippen LogP contribution in [-0.2, 0) is 0 Å². The molecule has 3 aromatic rings. The van der Waals surface area contributed by atoms with E-state index in [0.29, 0.717) is 17.4 Å². The lowest BCUT2D eigenvalue weighted by Crippen LogP contribution is -2.29. The standard InChI is InChI=1S/C18H22N6O/c1-13-5-6-16(25-13)17-14(15-12-19-7-8-20-15)11-21-18(22-17)24(4)10-9-23(2)3/h5-8,11-12H,9-10H2,1-4H3. The minimum absolute atomic E-state index is 0.651. The molecular weight excluding hydrogens is 316 g/mol. The smallest absolute Gasteiger partial charge is 0.225 e. The van der Waals surface area contributed by atoms with Crippen LogP contribution >= 0.6 is 0 Å². The van der Waals surface area contributed by atoms with Gasteiger partial charge in [0.1, 0.15) is 11.5 Å². The number of hydrogen-bond acceptors (Lipinski definition) is 7. The highest BCUT2D eigenvalue weighted by Crippen LogP contribution is 2.30. The van der Waals surface area contributed by atoms with Crippen LogP contribution in [0.4, 0.5) is 5.95 Å². The first-order chi connectivity index (χ1) is 12.0. The fourth-order valence-corrected chi connectivity index (χ4v) is 2.38. The van der Waals surface area contributed by atoms with Gasteiger partial charge in [0.15, 0.2) is 5.76 Å². The molecule has 0 atom stereocenters. The minimum atomic E-state index is 0.651. The molecule has 0 bridgehead atoms. The number of aryl methyl sites for hydroxylation is 1. The zero-order valence-corrected chi connectivity index (χ0v) is 15.0. The van der Waals surface area contributed by atoms with Gasteiger partial charge in [0.05, 0.1) is 11.9 Å². The second-order valence-corrected chi connectivity index (χ2v) is 6.16. The van der Waals surface area contributed by atoms with Gasteiger partial charge in [0.25, 0.3) is 0 Å². The number of hydrogen-bond donors (Lipinski definition) is 0. The number of likely N-dealkylation sites (N-methyl/N-ethyl adjacent to an activating group) is 2. The van der Waals surface area contributed by atoms with Gasteiger partial charge in [-0.15, -0.1) is 0 Å². The number of rotatable bonds is 6. The van der Waals surface area contributed by atoms with Crippen molar-refractivity contribution in [3.63, 3.8) is 0 Å². The average Bonchev–Trinajstić information content (AvgIpc) is 3.06. The SMILES string of the molecule is Cc1ccc(-c2nc(N(C)CCN(C)C)ncc2-c2cnccn2)o1. The van der Waals surface area contributed by atoms with Crippen LogP contribution in [0.2, 0.25) is 0 Å². The number of furan rings is 1. The fourth-order valence-electron chi connectivity index (χ4n) is 2.38. The maximum atomic E-state index is 5.80. The van der Waals surface area contributed by atoms with E-state index in [2.05, 4.69) is 19.9 Å². The summed E-state index contributed by atoms with van der Waals surface area (Å²) < 4.78 is 5.80. The van der Waals surface area contributed by atoms with E-state index in [4.69, 9.17) is 9.40 Å². The molecule has 0 saturated carbocycles. The zero-order valence-electron chi connectivity index (χ0n) is 15.0. The summed E-state index contributed by atoms with van der Waals surface area (Å²) in [5.41, 5.74) is 2.23. The number of aromatic nitrogens is 4. The van der Waals surface area contributed by atoms with Gasteiger partial charge in [0.2, 0.25) is 5.95 Å². The third kappa shape index (κ3) is 4.00. The van der Waals surface area contributed by atoms with Crippen LogP contribution in [0.1, 0.15) is 5.76 Å². The van der Waals surface area contributed by atoms with E-state index in [1.807, 2.05) is 45.1 Å². The van der Waals surface area contributed by atoms with E-state index >= 15 is 0 Å². The molecule has 0 spiro atoms. The van der Waals surface area contributed by atoms with E-state index in [-0.39, 0.29) is 0 Å². The molecule has 0 radical (unpaired) electrons. The second kappa shape index (κ2) is 7.40. The van der Waals surface area contributed by atoms with E-state index in [1.54, 1.807) is 24.8 Å². The van der Waals surface area contributed by atoms with Crippen LogP contribution in [0.15, 0.2) is 41.3 Å².